The molecule has 1 saturated heterocycles. The molecule has 1 atom stereocenters. The molecule has 0 saturated carbocycles. The van der Waals surface area contributed by atoms with E-state index in [4.69, 9.17) is 16.0 Å². The number of nitrogens with zero attached hydrogens (tertiary/aromatic N) is 4. The Labute approximate surface area is 185 Å². The van der Waals surface area contributed by atoms with Crippen molar-refractivity contribution in [3.63, 3.8) is 0 Å². The lowest BCUT2D eigenvalue weighted by molar-refractivity contribution is -0.132. The minimum atomic E-state index is -0.293. The third kappa shape index (κ3) is 5.22. The number of hydrogen-bond acceptors (Lipinski definition) is 6. The highest BCUT2D eigenvalue weighted by molar-refractivity contribution is 8.00. The summed E-state index contributed by atoms with van der Waals surface area (Å²) in [7, 11) is 0. The molecule has 0 radical (unpaired) electrons. The molecular formula is C22H23ClN4O2S. The Morgan fingerprint density at radius 1 is 1.10 bits per heavy atom. The number of halogens is 1. The van der Waals surface area contributed by atoms with Crippen molar-refractivity contribution in [1.29, 1.82) is 0 Å². The molecule has 2 aromatic carbocycles. The molecule has 1 amide bonds. The van der Waals surface area contributed by atoms with Crippen LogP contribution >= 0.6 is 23.4 Å². The van der Waals surface area contributed by atoms with E-state index in [1.165, 1.54) is 17.3 Å². The average molecular weight is 443 g/mol. The molecule has 0 spiro atoms. The maximum Gasteiger partial charge on any atom is 0.277 e. The summed E-state index contributed by atoms with van der Waals surface area (Å²) >= 11 is 7.31. The van der Waals surface area contributed by atoms with E-state index in [1.807, 2.05) is 30.0 Å². The molecule has 6 nitrogen and oxygen atoms in total. The fourth-order valence-electron chi connectivity index (χ4n) is 3.42. The van der Waals surface area contributed by atoms with E-state index in [-0.39, 0.29) is 11.2 Å². The molecule has 0 bridgehead atoms. The number of amides is 1. The summed E-state index contributed by atoms with van der Waals surface area (Å²) in [4.78, 5) is 17.2. The Kier molecular flexibility index (Phi) is 6.72. The molecule has 30 heavy (non-hydrogen) atoms. The van der Waals surface area contributed by atoms with Gasteiger partial charge in [0.1, 0.15) is 0 Å². The van der Waals surface area contributed by atoms with Crippen LogP contribution in [0.15, 0.2) is 64.2 Å². The van der Waals surface area contributed by atoms with E-state index < -0.39 is 0 Å². The van der Waals surface area contributed by atoms with Gasteiger partial charge in [-0.25, -0.2) is 0 Å². The highest BCUT2D eigenvalue weighted by atomic mass is 35.5. The summed E-state index contributed by atoms with van der Waals surface area (Å²) in [5.74, 6) is 0.496. The summed E-state index contributed by atoms with van der Waals surface area (Å²) < 4.78 is 5.72. The van der Waals surface area contributed by atoms with Gasteiger partial charge in [-0.1, -0.05) is 59.8 Å². The zero-order chi connectivity index (χ0) is 20.9. The van der Waals surface area contributed by atoms with E-state index in [0.717, 1.165) is 38.3 Å². The molecule has 0 aliphatic carbocycles. The van der Waals surface area contributed by atoms with Gasteiger partial charge < -0.3 is 9.32 Å². The Hall–Kier alpha value is -2.35. The summed E-state index contributed by atoms with van der Waals surface area (Å²) in [6, 6.07) is 17.7. The first-order chi connectivity index (χ1) is 14.6. The Bertz CT molecular complexity index is 990. The van der Waals surface area contributed by atoms with Gasteiger partial charge >= 0.3 is 0 Å². The fraction of sp³-hybridized carbons (Fsp3) is 0.318. The molecule has 3 aromatic rings. The third-order valence-electron chi connectivity index (χ3n) is 5.04. The lowest BCUT2D eigenvalue weighted by Crippen LogP contribution is -2.50. The maximum absolute atomic E-state index is 12.9. The topological polar surface area (TPSA) is 62.5 Å². The predicted molar refractivity (Wildman–Crippen MR) is 118 cm³/mol. The molecule has 1 fully saturated rings. The molecule has 1 aliphatic rings. The molecule has 1 aliphatic heterocycles. The highest BCUT2D eigenvalue weighted by Gasteiger charge is 2.27. The highest BCUT2D eigenvalue weighted by Crippen LogP contribution is 2.28. The van der Waals surface area contributed by atoms with Gasteiger partial charge in [-0.05, 0) is 30.7 Å². The zero-order valence-electron chi connectivity index (χ0n) is 16.7. The maximum atomic E-state index is 12.9. The van der Waals surface area contributed by atoms with Crippen LogP contribution in [-0.4, -0.2) is 57.3 Å². The molecule has 156 valence electrons. The quantitative estimate of drug-likeness (QED) is 0.533. The first-order valence-electron chi connectivity index (χ1n) is 9.89. The Balaban J connectivity index is 1.29. The minimum Gasteiger partial charge on any atom is -0.411 e. The number of thioether (sulfide) groups is 1. The fourth-order valence-corrected chi connectivity index (χ4v) is 4.38. The van der Waals surface area contributed by atoms with Gasteiger partial charge in [-0.15, -0.1) is 10.2 Å². The number of hydrogen-bond donors (Lipinski definition) is 0. The number of benzene rings is 2. The normalized spacial score (nSPS) is 15.9. The number of aromatic nitrogens is 2. The van der Waals surface area contributed by atoms with Crippen LogP contribution < -0.4 is 0 Å². The summed E-state index contributed by atoms with van der Waals surface area (Å²) in [6.07, 6.45) is 0. The third-order valence-corrected chi connectivity index (χ3v) is 6.19. The van der Waals surface area contributed by atoms with Crippen LogP contribution in [-0.2, 0) is 11.3 Å². The standard InChI is InChI=1S/C22H23ClN4O2S/c1-16(30-22-25-24-20(29-22)18-8-5-9-19(23)14-18)21(28)27-12-10-26(11-13-27)15-17-6-3-2-4-7-17/h2-9,14,16H,10-13,15H2,1H3/t16-/m0/s1. The monoisotopic (exact) mass is 442 g/mol. The van der Waals surface area contributed by atoms with Crippen LogP contribution in [0.5, 0.6) is 0 Å². The van der Waals surface area contributed by atoms with Gasteiger partial charge in [0, 0.05) is 43.3 Å². The van der Waals surface area contributed by atoms with Crippen LogP contribution in [0, 0.1) is 0 Å². The zero-order valence-corrected chi connectivity index (χ0v) is 18.3. The van der Waals surface area contributed by atoms with E-state index in [9.17, 15) is 4.79 Å². The van der Waals surface area contributed by atoms with Gasteiger partial charge in [-0.2, -0.15) is 0 Å². The van der Waals surface area contributed by atoms with Crippen molar-refractivity contribution >= 4 is 29.3 Å². The largest absolute Gasteiger partial charge is 0.411 e. The number of piperazine rings is 1. The minimum absolute atomic E-state index is 0.0990. The van der Waals surface area contributed by atoms with E-state index in [0.29, 0.717) is 16.1 Å². The van der Waals surface area contributed by atoms with Crippen LogP contribution in [0.3, 0.4) is 0 Å². The van der Waals surface area contributed by atoms with Crippen molar-refractivity contribution < 1.29 is 9.21 Å². The predicted octanol–water partition coefficient (Wildman–Crippen LogP) is 4.22. The van der Waals surface area contributed by atoms with Gasteiger partial charge in [0.05, 0.1) is 5.25 Å². The molecule has 8 heteroatoms. The van der Waals surface area contributed by atoms with Crippen molar-refractivity contribution in [2.24, 2.45) is 0 Å². The number of carbonyl (C=O) groups excluding carboxylic acids is 1. The lowest BCUT2D eigenvalue weighted by Gasteiger charge is -2.35. The van der Waals surface area contributed by atoms with Crippen LogP contribution in [0.1, 0.15) is 12.5 Å². The summed E-state index contributed by atoms with van der Waals surface area (Å²) in [5, 5.41) is 8.84. The molecular weight excluding hydrogens is 420 g/mol. The number of carbonyl (C=O) groups is 1. The smallest absolute Gasteiger partial charge is 0.277 e. The molecule has 0 unspecified atom stereocenters. The van der Waals surface area contributed by atoms with Crippen molar-refractivity contribution in [1.82, 2.24) is 20.0 Å². The SMILES string of the molecule is C[C@H](Sc1nnc(-c2cccc(Cl)c2)o1)C(=O)N1CCN(Cc2ccccc2)CC1. The van der Waals surface area contributed by atoms with Crippen molar-refractivity contribution in [3.05, 3.63) is 65.2 Å². The van der Waals surface area contributed by atoms with Gasteiger partial charge in [0.2, 0.25) is 11.8 Å². The van der Waals surface area contributed by atoms with Crippen molar-refractivity contribution in [2.45, 2.75) is 23.9 Å². The Morgan fingerprint density at radius 3 is 2.60 bits per heavy atom. The summed E-state index contributed by atoms with van der Waals surface area (Å²) in [6.45, 7) is 6.01. The second-order valence-electron chi connectivity index (χ2n) is 7.23. The van der Waals surface area contributed by atoms with E-state index >= 15 is 0 Å². The molecule has 4 rings (SSSR count). The first kappa shape index (κ1) is 20.9. The second-order valence-corrected chi connectivity index (χ2v) is 8.96. The van der Waals surface area contributed by atoms with Crippen molar-refractivity contribution in [2.75, 3.05) is 26.2 Å². The lowest BCUT2D eigenvalue weighted by atomic mass is 10.2. The molecule has 1 aromatic heterocycles. The van der Waals surface area contributed by atoms with E-state index in [2.05, 4.69) is 39.4 Å². The molecule has 2 heterocycles. The number of rotatable bonds is 6. The van der Waals surface area contributed by atoms with Crippen molar-refractivity contribution in [3.8, 4) is 11.5 Å². The van der Waals surface area contributed by atoms with Crippen LogP contribution in [0.4, 0.5) is 0 Å². The Morgan fingerprint density at radius 2 is 1.87 bits per heavy atom. The van der Waals surface area contributed by atoms with Gasteiger partial charge in [0.25, 0.3) is 5.22 Å². The average Bonchev–Trinajstić information content (AvgIpc) is 3.23. The van der Waals surface area contributed by atoms with Crippen LogP contribution in [0.2, 0.25) is 5.02 Å². The van der Waals surface area contributed by atoms with Gasteiger partial charge in [0.15, 0.2) is 0 Å². The first-order valence-corrected chi connectivity index (χ1v) is 11.2. The molecule has 0 N–H and O–H groups in total. The van der Waals surface area contributed by atoms with Crippen LogP contribution in [0.25, 0.3) is 11.5 Å². The second kappa shape index (κ2) is 9.64. The summed E-state index contributed by atoms with van der Waals surface area (Å²) in [5.41, 5.74) is 2.06. The van der Waals surface area contributed by atoms with Gasteiger partial charge in [-0.3, -0.25) is 9.69 Å². The van der Waals surface area contributed by atoms with E-state index in [1.54, 1.807) is 12.1 Å².